The second kappa shape index (κ2) is 4.78. The number of benzene rings is 1. The summed E-state index contributed by atoms with van der Waals surface area (Å²) < 4.78 is 0. The van der Waals surface area contributed by atoms with Gasteiger partial charge in [0.2, 0.25) is 0 Å². The summed E-state index contributed by atoms with van der Waals surface area (Å²) >= 11 is 0. The van der Waals surface area contributed by atoms with Gasteiger partial charge in [0.05, 0.1) is 0 Å². The van der Waals surface area contributed by atoms with E-state index < -0.39 is 0 Å². The Hall–Kier alpha value is -1.51. The van der Waals surface area contributed by atoms with E-state index in [-0.39, 0.29) is 6.03 Å². The summed E-state index contributed by atoms with van der Waals surface area (Å²) in [5.74, 6) is 0.518. The van der Waals surface area contributed by atoms with Gasteiger partial charge >= 0.3 is 6.03 Å². The van der Waals surface area contributed by atoms with Crippen LogP contribution >= 0.6 is 0 Å². The summed E-state index contributed by atoms with van der Waals surface area (Å²) in [5, 5.41) is 0. The predicted octanol–water partition coefficient (Wildman–Crippen LogP) is 2.33. The highest BCUT2D eigenvalue weighted by molar-refractivity contribution is 5.75. The minimum Gasteiger partial charge on any atom is -0.331 e. The largest absolute Gasteiger partial charge is 0.331 e. The summed E-state index contributed by atoms with van der Waals surface area (Å²) in [6.45, 7) is 3.86. The molecule has 1 aromatic rings. The van der Waals surface area contributed by atoms with Crippen LogP contribution in [0.3, 0.4) is 0 Å². The van der Waals surface area contributed by atoms with Crippen molar-refractivity contribution in [2.24, 2.45) is 0 Å². The van der Waals surface area contributed by atoms with Gasteiger partial charge in [0.25, 0.3) is 0 Å². The molecule has 3 heteroatoms. The van der Waals surface area contributed by atoms with Crippen molar-refractivity contribution in [2.45, 2.75) is 19.3 Å². The summed E-state index contributed by atoms with van der Waals surface area (Å²) in [7, 11) is 3.59. The van der Waals surface area contributed by atoms with E-state index in [1.165, 1.54) is 11.1 Å². The van der Waals surface area contributed by atoms with Crippen molar-refractivity contribution in [1.82, 2.24) is 9.80 Å². The van der Waals surface area contributed by atoms with Crippen LogP contribution in [0.5, 0.6) is 0 Å². The van der Waals surface area contributed by atoms with Gasteiger partial charge in [-0.2, -0.15) is 0 Å². The molecule has 2 amide bonds. The summed E-state index contributed by atoms with van der Waals surface area (Å²) in [4.78, 5) is 15.2. The second-order valence-electron chi connectivity index (χ2n) is 4.87. The molecule has 1 fully saturated rings. The van der Waals surface area contributed by atoms with E-state index in [0.717, 1.165) is 19.5 Å². The van der Waals surface area contributed by atoms with Gasteiger partial charge in [-0.1, -0.05) is 31.2 Å². The quantitative estimate of drug-likeness (QED) is 0.767. The molecule has 17 heavy (non-hydrogen) atoms. The van der Waals surface area contributed by atoms with Crippen molar-refractivity contribution in [2.75, 3.05) is 27.2 Å². The molecule has 1 heterocycles. The number of likely N-dealkylation sites (tertiary alicyclic amines) is 1. The van der Waals surface area contributed by atoms with Gasteiger partial charge in [-0.3, -0.25) is 0 Å². The molecule has 0 radical (unpaired) electrons. The molecule has 0 spiro atoms. The Labute approximate surface area is 103 Å². The number of amides is 2. The van der Waals surface area contributed by atoms with Gasteiger partial charge in [-0.25, -0.2) is 4.79 Å². The zero-order valence-electron chi connectivity index (χ0n) is 10.8. The first kappa shape index (κ1) is 12.0. The van der Waals surface area contributed by atoms with Crippen LogP contribution in [0.4, 0.5) is 4.79 Å². The average Bonchev–Trinajstić information content (AvgIpc) is 2.27. The Morgan fingerprint density at radius 2 is 1.88 bits per heavy atom. The van der Waals surface area contributed by atoms with E-state index >= 15 is 0 Å². The van der Waals surface area contributed by atoms with Gasteiger partial charge in [0.1, 0.15) is 0 Å². The molecule has 0 N–H and O–H groups in total. The standard InChI is InChI=1S/C14H20N2O/c1-4-11-5-7-12(8-6-11)13-9-16(10-13)14(17)15(2)3/h5-8,13H,4,9-10H2,1-3H3. The maximum atomic E-state index is 11.7. The molecule has 3 nitrogen and oxygen atoms in total. The van der Waals surface area contributed by atoms with Crippen LogP contribution in [-0.2, 0) is 6.42 Å². The highest BCUT2D eigenvalue weighted by atomic mass is 16.2. The third-order valence-electron chi connectivity index (χ3n) is 3.39. The fourth-order valence-electron chi connectivity index (χ4n) is 2.15. The van der Waals surface area contributed by atoms with E-state index in [9.17, 15) is 4.79 Å². The molecular formula is C14H20N2O. The van der Waals surface area contributed by atoms with Crippen LogP contribution in [0.2, 0.25) is 0 Å². The van der Waals surface area contributed by atoms with Crippen molar-refractivity contribution >= 4 is 6.03 Å². The lowest BCUT2D eigenvalue weighted by Gasteiger charge is -2.40. The fourth-order valence-corrected chi connectivity index (χ4v) is 2.15. The Morgan fingerprint density at radius 3 is 2.35 bits per heavy atom. The zero-order valence-corrected chi connectivity index (χ0v) is 10.8. The molecule has 1 aliphatic heterocycles. The van der Waals surface area contributed by atoms with Crippen LogP contribution in [-0.4, -0.2) is 43.0 Å². The number of hydrogen-bond donors (Lipinski definition) is 0. The third kappa shape index (κ3) is 2.43. The minimum absolute atomic E-state index is 0.117. The maximum absolute atomic E-state index is 11.7. The van der Waals surface area contributed by atoms with E-state index in [0.29, 0.717) is 5.92 Å². The summed E-state index contributed by atoms with van der Waals surface area (Å²) in [5.41, 5.74) is 2.72. The minimum atomic E-state index is 0.117. The van der Waals surface area contributed by atoms with Gasteiger partial charge in [0, 0.05) is 33.1 Å². The summed E-state index contributed by atoms with van der Waals surface area (Å²) in [6, 6.07) is 8.88. The molecule has 0 unspecified atom stereocenters. The Balaban J connectivity index is 1.92. The van der Waals surface area contributed by atoms with Crippen molar-refractivity contribution in [3.05, 3.63) is 35.4 Å². The van der Waals surface area contributed by atoms with E-state index in [4.69, 9.17) is 0 Å². The highest BCUT2D eigenvalue weighted by Crippen LogP contribution is 2.27. The second-order valence-corrected chi connectivity index (χ2v) is 4.87. The molecule has 1 saturated heterocycles. The molecule has 1 aromatic carbocycles. The van der Waals surface area contributed by atoms with E-state index in [1.54, 1.807) is 19.0 Å². The van der Waals surface area contributed by atoms with Crippen LogP contribution in [0, 0.1) is 0 Å². The first-order valence-corrected chi connectivity index (χ1v) is 6.17. The Morgan fingerprint density at radius 1 is 1.29 bits per heavy atom. The lowest BCUT2D eigenvalue weighted by molar-refractivity contribution is 0.128. The number of rotatable bonds is 2. The summed E-state index contributed by atoms with van der Waals surface area (Å²) in [6.07, 6.45) is 1.08. The molecule has 0 aliphatic carbocycles. The first-order chi connectivity index (χ1) is 8.11. The number of carbonyl (C=O) groups excluding carboxylic acids is 1. The van der Waals surface area contributed by atoms with Crippen molar-refractivity contribution < 1.29 is 4.79 Å². The number of carbonyl (C=O) groups is 1. The number of urea groups is 1. The van der Waals surface area contributed by atoms with Crippen LogP contribution in [0.25, 0.3) is 0 Å². The van der Waals surface area contributed by atoms with E-state index in [2.05, 4.69) is 31.2 Å². The normalized spacial score (nSPS) is 15.6. The van der Waals surface area contributed by atoms with Crippen molar-refractivity contribution in [3.63, 3.8) is 0 Å². The lowest BCUT2D eigenvalue weighted by atomic mass is 9.91. The predicted molar refractivity (Wildman–Crippen MR) is 69.2 cm³/mol. The molecule has 0 saturated carbocycles. The fraction of sp³-hybridized carbons (Fsp3) is 0.500. The number of hydrogen-bond acceptors (Lipinski definition) is 1. The van der Waals surface area contributed by atoms with E-state index in [1.807, 2.05) is 4.90 Å². The molecule has 92 valence electrons. The van der Waals surface area contributed by atoms with Crippen molar-refractivity contribution in [1.29, 1.82) is 0 Å². The topological polar surface area (TPSA) is 23.6 Å². The Kier molecular flexibility index (Phi) is 3.36. The van der Waals surface area contributed by atoms with Gasteiger partial charge in [-0.05, 0) is 17.5 Å². The smallest absolute Gasteiger partial charge is 0.319 e. The molecule has 0 aromatic heterocycles. The Bertz CT molecular complexity index is 391. The number of aryl methyl sites for hydroxylation is 1. The van der Waals surface area contributed by atoms with Gasteiger partial charge < -0.3 is 9.80 Å². The van der Waals surface area contributed by atoms with Gasteiger partial charge in [-0.15, -0.1) is 0 Å². The molecule has 0 bridgehead atoms. The van der Waals surface area contributed by atoms with Crippen molar-refractivity contribution in [3.8, 4) is 0 Å². The molecule has 1 aliphatic rings. The first-order valence-electron chi connectivity index (χ1n) is 6.17. The SMILES string of the molecule is CCc1ccc(C2CN(C(=O)N(C)C)C2)cc1. The third-order valence-corrected chi connectivity index (χ3v) is 3.39. The zero-order chi connectivity index (χ0) is 12.4. The lowest BCUT2D eigenvalue weighted by Crippen LogP contribution is -2.52. The highest BCUT2D eigenvalue weighted by Gasteiger charge is 2.32. The maximum Gasteiger partial charge on any atom is 0.319 e. The average molecular weight is 232 g/mol. The molecular weight excluding hydrogens is 212 g/mol. The van der Waals surface area contributed by atoms with Gasteiger partial charge in [0.15, 0.2) is 0 Å². The van der Waals surface area contributed by atoms with Crippen LogP contribution in [0.1, 0.15) is 24.0 Å². The monoisotopic (exact) mass is 232 g/mol. The molecule has 0 atom stereocenters. The van der Waals surface area contributed by atoms with Crippen LogP contribution < -0.4 is 0 Å². The molecule has 2 rings (SSSR count). The van der Waals surface area contributed by atoms with Crippen LogP contribution in [0.15, 0.2) is 24.3 Å². The number of nitrogens with zero attached hydrogens (tertiary/aromatic N) is 2.